The maximum Gasteiger partial charge on any atom is 0.239 e. The van der Waals surface area contributed by atoms with Crippen LogP contribution in [-0.4, -0.2) is 53.0 Å². The highest BCUT2D eigenvalue weighted by atomic mass is 16.3. The molecule has 0 aromatic heterocycles. The van der Waals surface area contributed by atoms with Crippen LogP contribution >= 0.6 is 0 Å². The highest BCUT2D eigenvalue weighted by Gasteiger charge is 2.30. The minimum absolute atomic E-state index is 0.00358. The minimum atomic E-state index is 0.00358. The van der Waals surface area contributed by atoms with Crippen LogP contribution in [-0.2, 0) is 4.79 Å². The molecule has 0 saturated carbocycles. The van der Waals surface area contributed by atoms with Crippen LogP contribution in [0.25, 0.3) is 0 Å². The number of phenolic OH excluding ortho intramolecular Hbond substituents is 1. The number of nitrogens with zero attached hydrogens (tertiary/aromatic N) is 2. The van der Waals surface area contributed by atoms with Gasteiger partial charge in [-0.3, -0.25) is 9.69 Å². The standard InChI is InChI=1S/C20H30N2O2/c1-16(20(24)22-12-4-2-3-5-13-22)21-14-10-18(11-15-21)17-6-8-19(23)9-7-17/h6-9,16,18,23H,2-5,10-15H2,1H3/t16-/m0/s1. The Balaban J connectivity index is 1.53. The van der Waals surface area contributed by atoms with Gasteiger partial charge >= 0.3 is 0 Å². The summed E-state index contributed by atoms with van der Waals surface area (Å²) in [5.74, 6) is 1.19. The third-order valence-corrected chi connectivity index (χ3v) is 5.72. The summed E-state index contributed by atoms with van der Waals surface area (Å²) < 4.78 is 0. The molecule has 1 aromatic carbocycles. The van der Waals surface area contributed by atoms with Gasteiger partial charge in [0, 0.05) is 13.1 Å². The van der Waals surface area contributed by atoms with Crippen molar-refractivity contribution < 1.29 is 9.90 Å². The van der Waals surface area contributed by atoms with E-state index >= 15 is 0 Å². The molecule has 0 aliphatic carbocycles. The molecule has 2 heterocycles. The lowest BCUT2D eigenvalue weighted by Gasteiger charge is -2.37. The van der Waals surface area contributed by atoms with Gasteiger partial charge in [-0.2, -0.15) is 0 Å². The maximum absolute atomic E-state index is 12.8. The number of likely N-dealkylation sites (tertiary alicyclic amines) is 2. The highest BCUT2D eigenvalue weighted by molar-refractivity contribution is 5.81. The van der Waals surface area contributed by atoms with Crippen molar-refractivity contribution in [3.8, 4) is 5.75 Å². The Morgan fingerprint density at radius 3 is 2.17 bits per heavy atom. The summed E-state index contributed by atoms with van der Waals surface area (Å²) >= 11 is 0. The first kappa shape index (κ1) is 17.3. The number of aromatic hydroxyl groups is 1. The fourth-order valence-corrected chi connectivity index (χ4v) is 4.08. The van der Waals surface area contributed by atoms with Gasteiger partial charge in [-0.15, -0.1) is 0 Å². The van der Waals surface area contributed by atoms with Gasteiger partial charge in [0.2, 0.25) is 5.91 Å². The summed E-state index contributed by atoms with van der Waals surface area (Å²) in [7, 11) is 0. The smallest absolute Gasteiger partial charge is 0.239 e. The van der Waals surface area contributed by atoms with Crippen molar-refractivity contribution in [2.24, 2.45) is 0 Å². The molecular weight excluding hydrogens is 300 g/mol. The number of amides is 1. The molecule has 1 N–H and O–H groups in total. The van der Waals surface area contributed by atoms with Crippen LogP contribution < -0.4 is 0 Å². The van der Waals surface area contributed by atoms with Gasteiger partial charge in [0.05, 0.1) is 6.04 Å². The third-order valence-electron chi connectivity index (χ3n) is 5.72. The zero-order chi connectivity index (χ0) is 16.9. The van der Waals surface area contributed by atoms with Crippen LogP contribution in [0.5, 0.6) is 5.75 Å². The van der Waals surface area contributed by atoms with E-state index in [0.29, 0.717) is 17.6 Å². The van der Waals surface area contributed by atoms with Gasteiger partial charge in [-0.05, 0) is 69.3 Å². The van der Waals surface area contributed by atoms with E-state index in [1.165, 1.54) is 18.4 Å². The van der Waals surface area contributed by atoms with Crippen molar-refractivity contribution in [1.29, 1.82) is 0 Å². The van der Waals surface area contributed by atoms with Crippen LogP contribution in [0.15, 0.2) is 24.3 Å². The number of hydrogen-bond donors (Lipinski definition) is 1. The summed E-state index contributed by atoms with van der Waals surface area (Å²) in [5, 5.41) is 9.42. The van der Waals surface area contributed by atoms with Crippen molar-refractivity contribution in [2.45, 2.75) is 57.4 Å². The van der Waals surface area contributed by atoms with E-state index < -0.39 is 0 Å². The molecule has 1 atom stereocenters. The molecule has 4 heteroatoms. The SMILES string of the molecule is C[C@@H](C(=O)N1CCCCCC1)N1CCC(c2ccc(O)cc2)CC1. The summed E-state index contributed by atoms with van der Waals surface area (Å²) in [4.78, 5) is 17.2. The van der Waals surface area contributed by atoms with E-state index in [2.05, 4.69) is 16.7 Å². The Bertz CT molecular complexity index is 527. The molecule has 2 aliphatic rings. The van der Waals surface area contributed by atoms with Crippen LogP contribution in [0.2, 0.25) is 0 Å². The normalized spacial score (nSPS) is 22.1. The van der Waals surface area contributed by atoms with Crippen LogP contribution in [0.4, 0.5) is 0 Å². The maximum atomic E-state index is 12.8. The summed E-state index contributed by atoms with van der Waals surface area (Å²) in [6.45, 7) is 5.91. The Kier molecular flexibility index (Phi) is 5.77. The molecular formula is C20H30N2O2. The van der Waals surface area contributed by atoms with Gasteiger partial charge in [0.15, 0.2) is 0 Å². The molecule has 2 fully saturated rings. The van der Waals surface area contributed by atoms with Crippen LogP contribution in [0.3, 0.4) is 0 Å². The Hall–Kier alpha value is -1.55. The number of phenols is 1. The van der Waals surface area contributed by atoms with E-state index in [1.54, 1.807) is 12.1 Å². The Labute approximate surface area is 145 Å². The Morgan fingerprint density at radius 1 is 1.00 bits per heavy atom. The number of piperidine rings is 1. The molecule has 24 heavy (non-hydrogen) atoms. The van der Waals surface area contributed by atoms with E-state index in [9.17, 15) is 9.90 Å². The van der Waals surface area contributed by atoms with Crippen molar-refractivity contribution in [3.63, 3.8) is 0 Å². The van der Waals surface area contributed by atoms with Gasteiger partial charge in [0.25, 0.3) is 0 Å². The monoisotopic (exact) mass is 330 g/mol. The summed E-state index contributed by atoms with van der Waals surface area (Å²) in [5.41, 5.74) is 1.30. The largest absolute Gasteiger partial charge is 0.508 e. The second kappa shape index (κ2) is 8.02. The number of hydrogen-bond acceptors (Lipinski definition) is 3. The number of benzene rings is 1. The minimum Gasteiger partial charge on any atom is -0.508 e. The fourth-order valence-electron chi connectivity index (χ4n) is 4.08. The van der Waals surface area contributed by atoms with E-state index in [1.807, 2.05) is 12.1 Å². The molecule has 1 aromatic rings. The predicted octanol–water partition coefficient (Wildman–Crippen LogP) is 3.36. The lowest BCUT2D eigenvalue weighted by atomic mass is 9.89. The first-order chi connectivity index (χ1) is 11.6. The van der Waals surface area contributed by atoms with E-state index in [4.69, 9.17) is 0 Å². The predicted molar refractivity (Wildman–Crippen MR) is 96.2 cm³/mol. The first-order valence-electron chi connectivity index (χ1n) is 9.47. The van der Waals surface area contributed by atoms with Crippen molar-refractivity contribution >= 4 is 5.91 Å². The molecule has 4 nitrogen and oxygen atoms in total. The van der Waals surface area contributed by atoms with Gasteiger partial charge in [-0.1, -0.05) is 25.0 Å². The zero-order valence-electron chi connectivity index (χ0n) is 14.8. The summed E-state index contributed by atoms with van der Waals surface area (Å²) in [6.07, 6.45) is 7.00. The molecule has 0 unspecified atom stereocenters. The number of carbonyl (C=O) groups excluding carboxylic acids is 1. The topological polar surface area (TPSA) is 43.8 Å². The van der Waals surface area contributed by atoms with E-state index in [0.717, 1.165) is 51.9 Å². The van der Waals surface area contributed by atoms with Gasteiger partial charge in [0.1, 0.15) is 5.75 Å². The summed E-state index contributed by atoms with van der Waals surface area (Å²) in [6, 6.07) is 7.60. The molecule has 3 rings (SSSR count). The van der Waals surface area contributed by atoms with Crippen molar-refractivity contribution in [3.05, 3.63) is 29.8 Å². The molecule has 1 amide bonds. The Morgan fingerprint density at radius 2 is 1.58 bits per heavy atom. The molecule has 0 spiro atoms. The average Bonchev–Trinajstić information content (AvgIpc) is 2.91. The molecule has 2 saturated heterocycles. The first-order valence-corrected chi connectivity index (χ1v) is 9.47. The lowest BCUT2D eigenvalue weighted by Crippen LogP contribution is -2.49. The van der Waals surface area contributed by atoms with E-state index in [-0.39, 0.29) is 6.04 Å². The van der Waals surface area contributed by atoms with Crippen molar-refractivity contribution in [1.82, 2.24) is 9.80 Å². The molecule has 0 bridgehead atoms. The number of rotatable bonds is 3. The third kappa shape index (κ3) is 4.10. The number of carbonyl (C=O) groups is 1. The molecule has 2 aliphatic heterocycles. The highest BCUT2D eigenvalue weighted by Crippen LogP contribution is 2.30. The second-order valence-corrected chi connectivity index (χ2v) is 7.32. The van der Waals surface area contributed by atoms with Crippen LogP contribution in [0, 0.1) is 0 Å². The lowest BCUT2D eigenvalue weighted by molar-refractivity contribution is -0.136. The second-order valence-electron chi connectivity index (χ2n) is 7.32. The quantitative estimate of drug-likeness (QED) is 0.924. The fraction of sp³-hybridized carbons (Fsp3) is 0.650. The molecule has 132 valence electrons. The van der Waals surface area contributed by atoms with Gasteiger partial charge < -0.3 is 10.0 Å². The van der Waals surface area contributed by atoms with Crippen molar-refractivity contribution in [2.75, 3.05) is 26.2 Å². The average molecular weight is 330 g/mol. The van der Waals surface area contributed by atoms with Crippen LogP contribution in [0.1, 0.15) is 56.9 Å². The zero-order valence-corrected chi connectivity index (χ0v) is 14.8. The van der Waals surface area contributed by atoms with Gasteiger partial charge in [-0.25, -0.2) is 0 Å². The molecule has 0 radical (unpaired) electrons.